The van der Waals surface area contributed by atoms with Gasteiger partial charge in [-0.3, -0.25) is 4.79 Å². The minimum Gasteiger partial charge on any atom is -0.326 e. The first kappa shape index (κ1) is 20.1. The lowest BCUT2D eigenvalue weighted by atomic mass is 10.1. The molecule has 0 bridgehead atoms. The third-order valence-electron chi connectivity index (χ3n) is 3.86. The highest BCUT2D eigenvalue weighted by molar-refractivity contribution is 7.91. The normalized spacial score (nSPS) is 12.6. The molecule has 0 aliphatic rings. The highest BCUT2D eigenvalue weighted by atomic mass is 32.2. The Kier molecular flexibility index (Phi) is 6.88. The van der Waals surface area contributed by atoms with Crippen molar-refractivity contribution in [3.05, 3.63) is 59.9 Å². The Labute approximate surface area is 153 Å². The molecule has 1 atom stereocenters. The van der Waals surface area contributed by atoms with Crippen molar-refractivity contribution < 1.29 is 17.6 Å². The van der Waals surface area contributed by atoms with Crippen LogP contribution in [0.2, 0.25) is 0 Å². The maximum absolute atomic E-state index is 13.0. The first-order valence-electron chi connectivity index (χ1n) is 8.40. The number of carbonyl (C=O) groups excluding carboxylic acids is 1. The van der Waals surface area contributed by atoms with Gasteiger partial charge in [0.1, 0.15) is 5.82 Å². The van der Waals surface area contributed by atoms with Crippen LogP contribution in [0.5, 0.6) is 0 Å². The number of nitrogens with one attached hydrogen (secondary N) is 2. The third-order valence-corrected chi connectivity index (χ3v) is 5.79. The van der Waals surface area contributed by atoms with Crippen LogP contribution in [0.15, 0.2) is 53.4 Å². The van der Waals surface area contributed by atoms with Crippen LogP contribution in [0.4, 0.5) is 10.1 Å². The molecule has 0 aliphatic carbocycles. The summed E-state index contributed by atoms with van der Waals surface area (Å²) in [5.74, 6) is -1.98. The van der Waals surface area contributed by atoms with Crippen molar-refractivity contribution in [2.75, 3.05) is 17.6 Å². The van der Waals surface area contributed by atoms with E-state index in [0.29, 0.717) is 12.2 Å². The first-order chi connectivity index (χ1) is 12.3. The number of hydrogen-bond donors (Lipinski definition) is 2. The van der Waals surface area contributed by atoms with Crippen LogP contribution in [0, 0.1) is 11.7 Å². The average molecular weight is 378 g/mol. The van der Waals surface area contributed by atoms with E-state index in [9.17, 15) is 17.6 Å². The number of carbonyl (C=O) groups is 1. The van der Waals surface area contributed by atoms with Gasteiger partial charge in [-0.2, -0.15) is 0 Å². The number of sulfone groups is 1. The van der Waals surface area contributed by atoms with Crippen LogP contribution in [0.1, 0.15) is 19.4 Å². The fraction of sp³-hybridized carbons (Fsp3) is 0.316. The van der Waals surface area contributed by atoms with Crippen LogP contribution >= 0.6 is 0 Å². The minimum atomic E-state index is -3.67. The highest BCUT2D eigenvalue weighted by Gasteiger charge is 2.23. The molecule has 5 nitrogen and oxygen atoms in total. The fourth-order valence-electron chi connectivity index (χ4n) is 2.44. The van der Waals surface area contributed by atoms with E-state index >= 15 is 0 Å². The Morgan fingerprint density at radius 2 is 1.85 bits per heavy atom. The van der Waals surface area contributed by atoms with Crippen LogP contribution in [0.3, 0.4) is 0 Å². The van der Waals surface area contributed by atoms with Crippen LogP contribution in [-0.4, -0.2) is 26.6 Å². The molecule has 7 heteroatoms. The Balaban J connectivity index is 2.02. The fourth-order valence-corrected chi connectivity index (χ4v) is 3.99. The summed E-state index contributed by atoms with van der Waals surface area (Å²) in [6.07, 6.45) is 0. The van der Waals surface area contributed by atoms with E-state index in [0.717, 1.165) is 24.2 Å². The van der Waals surface area contributed by atoms with Crippen molar-refractivity contribution >= 4 is 21.4 Å². The predicted octanol–water partition coefficient (Wildman–Crippen LogP) is 2.98. The monoisotopic (exact) mass is 378 g/mol. The zero-order valence-electron chi connectivity index (χ0n) is 14.8. The number of anilines is 1. The standard InChI is InChI=1S/C19H23FN2O3S/c1-3-21-12-15-5-4-6-17(11-15)22-19(23)14(2)13-26(24,25)18-9-7-16(20)8-10-18/h4-11,14,21H,3,12-13H2,1-2H3,(H,22,23). The summed E-state index contributed by atoms with van der Waals surface area (Å²) in [6.45, 7) is 5.09. The van der Waals surface area contributed by atoms with Crippen molar-refractivity contribution in [1.29, 1.82) is 0 Å². The second kappa shape index (κ2) is 8.91. The molecule has 2 N–H and O–H groups in total. The molecular formula is C19H23FN2O3S. The molecule has 1 amide bonds. The molecule has 0 fully saturated rings. The largest absolute Gasteiger partial charge is 0.326 e. The van der Waals surface area contributed by atoms with E-state index in [-0.39, 0.29) is 16.6 Å². The lowest BCUT2D eigenvalue weighted by molar-refractivity contribution is -0.118. The lowest BCUT2D eigenvalue weighted by Crippen LogP contribution is -2.27. The molecular weight excluding hydrogens is 355 g/mol. The van der Waals surface area contributed by atoms with Crippen molar-refractivity contribution in [2.24, 2.45) is 5.92 Å². The van der Waals surface area contributed by atoms with E-state index in [1.165, 1.54) is 12.1 Å². The van der Waals surface area contributed by atoms with Gasteiger partial charge in [-0.05, 0) is 48.5 Å². The SMILES string of the molecule is CCNCc1cccc(NC(=O)C(C)CS(=O)(=O)c2ccc(F)cc2)c1. The Hall–Kier alpha value is -2.25. The molecule has 140 valence electrons. The molecule has 0 radical (unpaired) electrons. The van der Waals surface area contributed by atoms with Crippen molar-refractivity contribution in [1.82, 2.24) is 5.32 Å². The van der Waals surface area contributed by atoms with E-state index < -0.39 is 21.6 Å². The van der Waals surface area contributed by atoms with Crippen molar-refractivity contribution in [3.63, 3.8) is 0 Å². The van der Waals surface area contributed by atoms with Crippen LogP contribution < -0.4 is 10.6 Å². The van der Waals surface area contributed by atoms with E-state index in [1.54, 1.807) is 13.0 Å². The van der Waals surface area contributed by atoms with Crippen LogP contribution in [-0.2, 0) is 21.2 Å². The quantitative estimate of drug-likeness (QED) is 0.693. The predicted molar refractivity (Wildman–Crippen MR) is 100 cm³/mol. The molecule has 0 heterocycles. The summed E-state index contributed by atoms with van der Waals surface area (Å²) in [4.78, 5) is 12.4. The van der Waals surface area contributed by atoms with Crippen molar-refractivity contribution in [3.8, 4) is 0 Å². The second-order valence-electron chi connectivity index (χ2n) is 6.11. The molecule has 0 saturated heterocycles. The highest BCUT2D eigenvalue weighted by Crippen LogP contribution is 2.17. The molecule has 0 aliphatic heterocycles. The summed E-state index contributed by atoms with van der Waals surface area (Å²) in [6, 6.07) is 12.0. The molecule has 1 unspecified atom stereocenters. The molecule has 0 saturated carbocycles. The van der Waals surface area contributed by atoms with E-state index in [1.807, 2.05) is 25.1 Å². The number of halogens is 1. The van der Waals surface area contributed by atoms with Gasteiger partial charge >= 0.3 is 0 Å². The summed E-state index contributed by atoms with van der Waals surface area (Å²) >= 11 is 0. The van der Waals surface area contributed by atoms with Gasteiger partial charge in [-0.25, -0.2) is 12.8 Å². The summed E-state index contributed by atoms with van der Waals surface area (Å²) in [5, 5.41) is 5.95. The molecule has 0 spiro atoms. The first-order valence-corrected chi connectivity index (χ1v) is 10.1. The summed E-state index contributed by atoms with van der Waals surface area (Å²) in [7, 11) is -3.67. The molecule has 2 rings (SSSR count). The Bertz CT molecular complexity index is 851. The Morgan fingerprint density at radius 1 is 1.15 bits per heavy atom. The molecule has 26 heavy (non-hydrogen) atoms. The summed E-state index contributed by atoms with van der Waals surface area (Å²) in [5.41, 5.74) is 1.65. The maximum atomic E-state index is 13.0. The van der Waals surface area contributed by atoms with Gasteiger partial charge < -0.3 is 10.6 Å². The molecule has 2 aromatic carbocycles. The lowest BCUT2D eigenvalue weighted by Gasteiger charge is -2.13. The van der Waals surface area contributed by atoms with E-state index in [4.69, 9.17) is 0 Å². The Morgan fingerprint density at radius 3 is 2.50 bits per heavy atom. The second-order valence-corrected chi connectivity index (χ2v) is 8.14. The smallest absolute Gasteiger partial charge is 0.228 e. The zero-order chi connectivity index (χ0) is 19.2. The maximum Gasteiger partial charge on any atom is 0.228 e. The minimum absolute atomic E-state index is 0.00573. The average Bonchev–Trinajstić information content (AvgIpc) is 2.60. The number of rotatable bonds is 8. The number of hydrogen-bond acceptors (Lipinski definition) is 4. The topological polar surface area (TPSA) is 75.3 Å². The summed E-state index contributed by atoms with van der Waals surface area (Å²) < 4.78 is 37.7. The van der Waals surface area contributed by atoms with Crippen molar-refractivity contribution in [2.45, 2.75) is 25.3 Å². The van der Waals surface area contributed by atoms with Gasteiger partial charge in [0.2, 0.25) is 5.91 Å². The van der Waals surface area contributed by atoms with Gasteiger partial charge in [0.25, 0.3) is 0 Å². The third kappa shape index (κ3) is 5.64. The zero-order valence-corrected chi connectivity index (χ0v) is 15.6. The van der Waals surface area contributed by atoms with Gasteiger partial charge in [-0.1, -0.05) is 26.0 Å². The van der Waals surface area contributed by atoms with Gasteiger partial charge in [0.05, 0.1) is 10.6 Å². The van der Waals surface area contributed by atoms with Gasteiger partial charge in [-0.15, -0.1) is 0 Å². The molecule has 0 aromatic heterocycles. The number of benzene rings is 2. The number of amides is 1. The van der Waals surface area contributed by atoms with E-state index in [2.05, 4.69) is 10.6 Å². The van der Waals surface area contributed by atoms with Gasteiger partial charge in [0, 0.05) is 18.2 Å². The molecule has 2 aromatic rings. The van der Waals surface area contributed by atoms with Crippen LogP contribution in [0.25, 0.3) is 0 Å². The van der Waals surface area contributed by atoms with Gasteiger partial charge in [0.15, 0.2) is 9.84 Å².